The van der Waals surface area contributed by atoms with E-state index >= 15 is 0 Å². The second-order valence-electron chi connectivity index (χ2n) is 1.42. The molecule has 11 heavy (non-hydrogen) atoms. The largest absolute Gasteiger partial charge is 0.340 e. The topological polar surface area (TPSA) is 122 Å². The lowest BCUT2D eigenvalue weighted by molar-refractivity contribution is -0.119. The van der Waals surface area contributed by atoms with Crippen molar-refractivity contribution in [2.24, 2.45) is 11.7 Å². The van der Waals surface area contributed by atoms with Gasteiger partial charge in [-0.3, -0.25) is 15.6 Å². The third-order valence-corrected chi connectivity index (χ3v) is 0.561. The number of carbonyl (C=O) groups excluding carboxylic acids is 2. The predicted molar refractivity (Wildman–Crippen MR) is 39.8 cm³/mol. The minimum atomic E-state index is -0.380. The van der Waals surface area contributed by atoms with Gasteiger partial charge in [-0.25, -0.2) is 16.5 Å². The van der Waals surface area contributed by atoms with E-state index in [0.29, 0.717) is 0 Å². The zero-order valence-electron chi connectivity index (χ0n) is 6.47. The minimum absolute atomic E-state index is 0.218. The van der Waals surface area contributed by atoms with Crippen LogP contribution in [0, 0.1) is 0 Å². The van der Waals surface area contributed by atoms with Gasteiger partial charge in [-0.15, -0.1) is 0 Å². The molecule has 3 amide bonds. The van der Waals surface area contributed by atoms with Gasteiger partial charge >= 0.3 is 6.03 Å². The van der Waals surface area contributed by atoms with Gasteiger partial charge in [-0.2, -0.15) is 0 Å². The van der Waals surface area contributed by atoms with E-state index in [-0.39, 0.29) is 11.9 Å². The Hall–Kier alpha value is -1.34. The summed E-state index contributed by atoms with van der Waals surface area (Å²) in [7, 11) is 1.49. The van der Waals surface area contributed by atoms with Crippen molar-refractivity contribution < 1.29 is 9.59 Å². The lowest BCUT2D eigenvalue weighted by Gasteiger charge is -1.90. The van der Waals surface area contributed by atoms with E-state index in [1.54, 1.807) is 0 Å². The molecule has 0 radical (unpaired) electrons. The van der Waals surface area contributed by atoms with Crippen LogP contribution in [-0.4, -0.2) is 19.0 Å². The van der Waals surface area contributed by atoms with E-state index in [9.17, 15) is 9.59 Å². The van der Waals surface area contributed by atoms with Crippen LogP contribution < -0.4 is 27.9 Å². The maximum Gasteiger partial charge on any atom is 0.328 e. The number of rotatable bonds is 0. The van der Waals surface area contributed by atoms with Crippen molar-refractivity contribution in [2.45, 2.75) is 6.92 Å². The van der Waals surface area contributed by atoms with Gasteiger partial charge in [0.25, 0.3) is 0 Å². The number of amides is 3. The molecule has 7 nitrogen and oxygen atoms in total. The molecule has 0 saturated heterocycles. The Morgan fingerprint density at radius 2 is 1.55 bits per heavy atom. The van der Waals surface area contributed by atoms with E-state index in [2.05, 4.69) is 17.0 Å². The zero-order chi connectivity index (χ0) is 9.28. The Kier molecular flexibility index (Phi) is 9.72. The second kappa shape index (κ2) is 8.66. The summed E-state index contributed by atoms with van der Waals surface area (Å²) in [4.78, 5) is 19.4. The summed E-state index contributed by atoms with van der Waals surface area (Å²) >= 11 is 0. The Labute approximate surface area is 64.4 Å². The van der Waals surface area contributed by atoms with Crippen LogP contribution in [0.3, 0.4) is 0 Å². The summed E-state index contributed by atoms with van der Waals surface area (Å²) in [6.45, 7) is 1.35. The molecule has 0 aliphatic rings. The number of nitrogens with one attached hydrogen (secondary N) is 3. The molecule has 0 unspecified atom stereocenters. The standard InChI is InChI=1S/C2H7N3O.C2H6N2O/c1-4-2(6)5-3;1-2(5)4-3/h3H2,1H3,(H2,4,5,6);3H2,1H3,(H,4,5). The molecule has 0 rings (SSSR count). The van der Waals surface area contributed by atoms with Gasteiger partial charge in [-0.1, -0.05) is 0 Å². The lowest BCUT2D eigenvalue weighted by atomic mass is 10.8. The van der Waals surface area contributed by atoms with E-state index in [1.165, 1.54) is 14.0 Å². The molecule has 0 bridgehead atoms. The molecule has 0 aromatic heterocycles. The SMILES string of the molecule is CC(=O)NN.CNC(=O)NN. The molecule has 0 aromatic carbocycles. The fourth-order valence-corrected chi connectivity index (χ4v) is 0.0722. The van der Waals surface area contributed by atoms with Crippen LogP contribution in [0.2, 0.25) is 0 Å². The predicted octanol–water partition coefficient (Wildman–Crippen LogP) is -2.21. The summed E-state index contributed by atoms with van der Waals surface area (Å²) in [6.07, 6.45) is 0. The Morgan fingerprint density at radius 3 is 1.55 bits per heavy atom. The fraction of sp³-hybridized carbons (Fsp3) is 0.500. The average molecular weight is 163 g/mol. The Bertz CT molecular complexity index is 120. The monoisotopic (exact) mass is 163 g/mol. The molecule has 0 fully saturated rings. The molecule has 66 valence electrons. The molecular weight excluding hydrogens is 150 g/mol. The van der Waals surface area contributed by atoms with Crippen molar-refractivity contribution >= 4 is 11.9 Å². The average Bonchev–Trinajstić information content (AvgIpc) is 2.04. The van der Waals surface area contributed by atoms with Crippen molar-refractivity contribution in [3.8, 4) is 0 Å². The number of urea groups is 1. The molecule has 0 aromatic rings. The normalized spacial score (nSPS) is 6.91. The number of carbonyl (C=O) groups is 2. The summed E-state index contributed by atoms with van der Waals surface area (Å²) in [6, 6.07) is -0.380. The molecule has 0 heterocycles. The molecule has 7 heteroatoms. The molecular formula is C4H13N5O2. The molecule has 7 N–H and O–H groups in total. The summed E-state index contributed by atoms with van der Waals surface area (Å²) in [5.41, 5.74) is 3.75. The van der Waals surface area contributed by atoms with Gasteiger partial charge in [-0.05, 0) is 0 Å². The van der Waals surface area contributed by atoms with Crippen molar-refractivity contribution in [1.82, 2.24) is 16.2 Å². The third-order valence-electron chi connectivity index (χ3n) is 0.561. The highest BCUT2D eigenvalue weighted by molar-refractivity contribution is 5.72. The van der Waals surface area contributed by atoms with E-state index < -0.39 is 0 Å². The minimum Gasteiger partial charge on any atom is -0.340 e. The summed E-state index contributed by atoms with van der Waals surface area (Å²) in [5.74, 6) is 8.97. The highest BCUT2D eigenvalue weighted by Gasteiger charge is 1.82. The summed E-state index contributed by atoms with van der Waals surface area (Å²) in [5, 5.41) is 2.24. The van der Waals surface area contributed by atoms with Crippen LogP contribution in [0.15, 0.2) is 0 Å². The van der Waals surface area contributed by atoms with Gasteiger partial charge in [0.1, 0.15) is 0 Å². The van der Waals surface area contributed by atoms with Crippen LogP contribution >= 0.6 is 0 Å². The van der Waals surface area contributed by atoms with E-state index in [0.717, 1.165) is 0 Å². The zero-order valence-corrected chi connectivity index (χ0v) is 6.47. The van der Waals surface area contributed by atoms with Crippen LogP contribution in [-0.2, 0) is 4.79 Å². The van der Waals surface area contributed by atoms with Gasteiger partial charge in [0.05, 0.1) is 0 Å². The van der Waals surface area contributed by atoms with Crippen molar-refractivity contribution in [3.63, 3.8) is 0 Å². The van der Waals surface area contributed by atoms with Crippen LogP contribution in [0.4, 0.5) is 4.79 Å². The molecule has 0 atom stereocenters. The van der Waals surface area contributed by atoms with Gasteiger partial charge in [0, 0.05) is 14.0 Å². The van der Waals surface area contributed by atoms with Crippen LogP contribution in [0.25, 0.3) is 0 Å². The fourth-order valence-electron chi connectivity index (χ4n) is 0.0722. The van der Waals surface area contributed by atoms with E-state index in [4.69, 9.17) is 0 Å². The number of hydrazine groups is 2. The molecule has 0 spiro atoms. The molecule has 0 aliphatic heterocycles. The first kappa shape index (κ1) is 12.3. The first-order chi connectivity index (χ1) is 5.08. The highest BCUT2D eigenvalue weighted by Crippen LogP contribution is 1.45. The van der Waals surface area contributed by atoms with Crippen LogP contribution in [0.1, 0.15) is 6.92 Å². The maximum absolute atomic E-state index is 9.83. The van der Waals surface area contributed by atoms with Crippen molar-refractivity contribution in [2.75, 3.05) is 7.05 Å². The van der Waals surface area contributed by atoms with Gasteiger partial charge in [0.15, 0.2) is 0 Å². The van der Waals surface area contributed by atoms with E-state index in [1.807, 2.05) is 10.9 Å². The third kappa shape index (κ3) is 17.7. The first-order valence-electron chi connectivity index (χ1n) is 2.74. The van der Waals surface area contributed by atoms with Gasteiger partial charge in [0.2, 0.25) is 5.91 Å². The van der Waals surface area contributed by atoms with Crippen LogP contribution in [0.5, 0.6) is 0 Å². The Balaban J connectivity index is 0. The molecule has 0 aliphatic carbocycles. The van der Waals surface area contributed by atoms with Gasteiger partial charge < -0.3 is 5.32 Å². The highest BCUT2D eigenvalue weighted by atomic mass is 16.2. The van der Waals surface area contributed by atoms with Crippen molar-refractivity contribution in [1.29, 1.82) is 0 Å². The second-order valence-corrected chi connectivity index (χ2v) is 1.42. The molecule has 0 saturated carbocycles. The number of nitrogens with two attached hydrogens (primary N) is 2. The Morgan fingerprint density at radius 1 is 1.18 bits per heavy atom. The summed E-state index contributed by atoms with van der Waals surface area (Å²) < 4.78 is 0. The maximum atomic E-state index is 9.83. The lowest BCUT2D eigenvalue weighted by Crippen LogP contribution is -2.37. The number of hydrogen-bond donors (Lipinski definition) is 5. The van der Waals surface area contributed by atoms with Crippen molar-refractivity contribution in [3.05, 3.63) is 0 Å². The quantitative estimate of drug-likeness (QED) is 0.158. The number of hydrogen-bond acceptors (Lipinski definition) is 4. The first-order valence-corrected chi connectivity index (χ1v) is 2.74. The smallest absolute Gasteiger partial charge is 0.328 e.